The molecule has 0 aromatic heterocycles. The molecule has 0 aliphatic carbocycles. The van der Waals surface area contributed by atoms with Crippen LogP contribution in [0.4, 0.5) is 0 Å². The Labute approximate surface area is 127 Å². The van der Waals surface area contributed by atoms with Crippen molar-refractivity contribution in [3.05, 3.63) is 29.8 Å². The molecule has 1 aromatic rings. The van der Waals surface area contributed by atoms with E-state index in [4.69, 9.17) is 4.74 Å². The monoisotopic (exact) mass is 290 g/mol. The summed E-state index contributed by atoms with van der Waals surface area (Å²) >= 11 is 0. The van der Waals surface area contributed by atoms with Gasteiger partial charge in [0.25, 0.3) is 0 Å². The quantitative estimate of drug-likeness (QED) is 0.810. The van der Waals surface area contributed by atoms with E-state index in [2.05, 4.69) is 10.6 Å². The molecular formula is C17H26N2O2. The topological polar surface area (TPSA) is 50.4 Å². The molecule has 1 saturated heterocycles. The largest absolute Gasteiger partial charge is 0.489 e. The number of hydrogen-bond donors (Lipinski definition) is 2. The number of benzene rings is 1. The van der Waals surface area contributed by atoms with Crippen LogP contribution in [0.25, 0.3) is 0 Å². The molecule has 2 atom stereocenters. The van der Waals surface area contributed by atoms with Crippen LogP contribution < -0.4 is 15.4 Å². The van der Waals surface area contributed by atoms with Crippen molar-refractivity contribution in [3.8, 4) is 5.75 Å². The number of carbonyl (C=O) groups excluding carboxylic acids is 1. The second-order valence-electron chi connectivity index (χ2n) is 5.95. The Bertz CT molecular complexity index is 456. The van der Waals surface area contributed by atoms with Crippen LogP contribution in [0.1, 0.15) is 31.7 Å². The molecule has 1 aliphatic rings. The van der Waals surface area contributed by atoms with Crippen molar-refractivity contribution in [2.24, 2.45) is 5.92 Å². The first-order valence-electron chi connectivity index (χ1n) is 7.84. The molecular weight excluding hydrogens is 264 g/mol. The summed E-state index contributed by atoms with van der Waals surface area (Å²) < 4.78 is 5.80. The average Bonchev–Trinajstić information content (AvgIpc) is 2.96. The Kier molecular flexibility index (Phi) is 6.05. The van der Waals surface area contributed by atoms with E-state index in [0.29, 0.717) is 18.9 Å². The first-order valence-corrected chi connectivity index (χ1v) is 7.84. The maximum atomic E-state index is 11.8. The first-order chi connectivity index (χ1) is 10.1. The molecule has 1 aromatic carbocycles. The van der Waals surface area contributed by atoms with Gasteiger partial charge in [0.2, 0.25) is 5.91 Å². The third kappa shape index (κ3) is 5.76. The van der Waals surface area contributed by atoms with Crippen molar-refractivity contribution >= 4 is 5.91 Å². The lowest BCUT2D eigenvalue weighted by molar-refractivity contribution is -0.121. The molecule has 0 bridgehead atoms. The van der Waals surface area contributed by atoms with Gasteiger partial charge in [-0.2, -0.15) is 0 Å². The Morgan fingerprint density at radius 2 is 2.38 bits per heavy atom. The van der Waals surface area contributed by atoms with Crippen LogP contribution in [0.2, 0.25) is 0 Å². The van der Waals surface area contributed by atoms with Gasteiger partial charge in [-0.25, -0.2) is 0 Å². The molecule has 4 nitrogen and oxygen atoms in total. The van der Waals surface area contributed by atoms with Crippen molar-refractivity contribution in [2.75, 3.05) is 19.6 Å². The molecule has 1 heterocycles. The molecule has 4 heteroatoms. The minimum absolute atomic E-state index is 0.0242. The summed E-state index contributed by atoms with van der Waals surface area (Å²) in [6.45, 7) is 6.71. The lowest BCUT2D eigenvalue weighted by atomic mass is 10.0. The molecule has 1 amide bonds. The number of ether oxygens (including phenoxy) is 1. The number of nitrogens with one attached hydrogen (secondary N) is 2. The standard InChI is InChI=1S/C17H26N2O2/c1-13-4-3-5-16(10-13)21-14(2)11-19-17(20)7-6-15-8-9-18-12-15/h3-5,10,14-15,18H,6-9,11-12H2,1-2H3,(H,19,20). The van der Waals surface area contributed by atoms with Crippen LogP contribution in [0, 0.1) is 12.8 Å². The van der Waals surface area contributed by atoms with E-state index >= 15 is 0 Å². The lowest BCUT2D eigenvalue weighted by Crippen LogP contribution is -2.33. The van der Waals surface area contributed by atoms with Gasteiger partial charge in [-0.15, -0.1) is 0 Å². The Morgan fingerprint density at radius 1 is 1.52 bits per heavy atom. The van der Waals surface area contributed by atoms with Gasteiger partial charge in [-0.3, -0.25) is 4.79 Å². The molecule has 0 saturated carbocycles. The Morgan fingerprint density at radius 3 is 3.10 bits per heavy atom. The molecule has 21 heavy (non-hydrogen) atoms. The van der Waals surface area contributed by atoms with Gasteiger partial charge in [0.05, 0.1) is 6.54 Å². The zero-order chi connectivity index (χ0) is 15.1. The van der Waals surface area contributed by atoms with Gasteiger partial charge in [-0.1, -0.05) is 12.1 Å². The summed E-state index contributed by atoms with van der Waals surface area (Å²) in [5.74, 6) is 1.65. The minimum atomic E-state index is -0.0242. The number of hydrogen-bond acceptors (Lipinski definition) is 3. The van der Waals surface area contributed by atoms with Crippen molar-refractivity contribution in [1.29, 1.82) is 0 Å². The highest BCUT2D eigenvalue weighted by atomic mass is 16.5. The molecule has 0 radical (unpaired) electrons. The molecule has 1 fully saturated rings. The van der Waals surface area contributed by atoms with Gasteiger partial charge in [0, 0.05) is 6.42 Å². The summed E-state index contributed by atoms with van der Waals surface area (Å²) in [4.78, 5) is 11.8. The molecule has 2 N–H and O–H groups in total. The summed E-state index contributed by atoms with van der Waals surface area (Å²) in [5.41, 5.74) is 1.17. The second-order valence-corrected chi connectivity index (χ2v) is 5.95. The van der Waals surface area contributed by atoms with Gasteiger partial charge in [0.15, 0.2) is 0 Å². The predicted octanol–water partition coefficient (Wildman–Crippen LogP) is 2.27. The van der Waals surface area contributed by atoms with E-state index in [1.165, 1.54) is 12.0 Å². The van der Waals surface area contributed by atoms with E-state index in [1.54, 1.807) is 0 Å². The highest BCUT2D eigenvalue weighted by molar-refractivity contribution is 5.75. The molecule has 1 aliphatic heterocycles. The lowest BCUT2D eigenvalue weighted by Gasteiger charge is -2.16. The average molecular weight is 290 g/mol. The zero-order valence-electron chi connectivity index (χ0n) is 13.0. The molecule has 116 valence electrons. The van der Waals surface area contributed by atoms with E-state index in [-0.39, 0.29) is 12.0 Å². The second kappa shape index (κ2) is 8.03. The summed E-state index contributed by atoms with van der Waals surface area (Å²) in [6.07, 6.45) is 2.76. The summed E-state index contributed by atoms with van der Waals surface area (Å²) in [5, 5.41) is 6.28. The van der Waals surface area contributed by atoms with Crippen LogP contribution in [0.3, 0.4) is 0 Å². The smallest absolute Gasteiger partial charge is 0.220 e. The summed E-state index contributed by atoms with van der Waals surface area (Å²) in [7, 11) is 0. The Hall–Kier alpha value is -1.55. The normalized spacial score (nSPS) is 19.2. The van der Waals surface area contributed by atoms with E-state index in [0.717, 1.165) is 25.3 Å². The fraction of sp³-hybridized carbons (Fsp3) is 0.588. The number of rotatable bonds is 7. The maximum absolute atomic E-state index is 11.8. The highest BCUT2D eigenvalue weighted by Crippen LogP contribution is 2.15. The maximum Gasteiger partial charge on any atom is 0.220 e. The van der Waals surface area contributed by atoms with Crippen molar-refractivity contribution < 1.29 is 9.53 Å². The van der Waals surface area contributed by atoms with Crippen molar-refractivity contribution in [3.63, 3.8) is 0 Å². The first kappa shape index (κ1) is 15.8. The van der Waals surface area contributed by atoms with Crippen molar-refractivity contribution in [1.82, 2.24) is 10.6 Å². The van der Waals surface area contributed by atoms with Crippen LogP contribution in [0.5, 0.6) is 5.75 Å². The molecule has 2 rings (SSSR count). The van der Waals surface area contributed by atoms with Crippen molar-refractivity contribution in [2.45, 2.75) is 39.2 Å². The van der Waals surface area contributed by atoms with Crippen LogP contribution >= 0.6 is 0 Å². The Balaban J connectivity index is 1.63. The molecule has 2 unspecified atom stereocenters. The van der Waals surface area contributed by atoms with Gasteiger partial charge < -0.3 is 15.4 Å². The predicted molar refractivity (Wildman–Crippen MR) is 84.5 cm³/mol. The number of aryl methyl sites for hydroxylation is 1. The van der Waals surface area contributed by atoms with E-state index in [9.17, 15) is 4.79 Å². The van der Waals surface area contributed by atoms with Crippen LogP contribution in [-0.2, 0) is 4.79 Å². The fourth-order valence-electron chi connectivity index (χ4n) is 2.60. The molecule has 0 spiro atoms. The van der Waals surface area contributed by atoms with E-state index in [1.807, 2.05) is 38.1 Å². The number of carbonyl (C=O) groups is 1. The zero-order valence-corrected chi connectivity index (χ0v) is 13.0. The SMILES string of the molecule is Cc1cccc(OC(C)CNC(=O)CCC2CCNC2)c1. The van der Waals surface area contributed by atoms with Gasteiger partial charge in [0.1, 0.15) is 11.9 Å². The van der Waals surface area contributed by atoms with Crippen LogP contribution in [-0.4, -0.2) is 31.6 Å². The van der Waals surface area contributed by atoms with E-state index < -0.39 is 0 Å². The highest BCUT2D eigenvalue weighted by Gasteiger charge is 2.16. The summed E-state index contributed by atoms with van der Waals surface area (Å²) in [6, 6.07) is 7.96. The fourth-order valence-corrected chi connectivity index (χ4v) is 2.60. The van der Waals surface area contributed by atoms with Gasteiger partial charge in [-0.05, 0) is 63.4 Å². The minimum Gasteiger partial charge on any atom is -0.489 e. The third-order valence-corrected chi connectivity index (χ3v) is 3.86. The van der Waals surface area contributed by atoms with Gasteiger partial charge >= 0.3 is 0 Å². The number of amides is 1. The van der Waals surface area contributed by atoms with Crippen LogP contribution in [0.15, 0.2) is 24.3 Å². The third-order valence-electron chi connectivity index (χ3n) is 3.86.